The van der Waals surface area contributed by atoms with Crippen LogP contribution in [0.5, 0.6) is 0 Å². The fourth-order valence-corrected chi connectivity index (χ4v) is 4.76. The highest BCUT2D eigenvalue weighted by Crippen LogP contribution is 2.32. The number of hydrogen-bond donors (Lipinski definition) is 0. The van der Waals surface area contributed by atoms with Crippen LogP contribution in [0.15, 0.2) is 77.7 Å². The molecule has 0 atom stereocenters. The zero-order chi connectivity index (χ0) is 23.7. The Hall–Kier alpha value is -3.19. The first-order valence-electron chi connectivity index (χ1n) is 11.0. The minimum absolute atomic E-state index is 0.0461. The van der Waals surface area contributed by atoms with Gasteiger partial charge in [0, 0.05) is 40.5 Å². The summed E-state index contributed by atoms with van der Waals surface area (Å²) in [5.41, 5.74) is 4.14. The van der Waals surface area contributed by atoms with Crippen LogP contribution in [0.3, 0.4) is 0 Å². The maximum Gasteiger partial charge on any atom is 0.259 e. The number of hydrogen-bond acceptors (Lipinski definition) is 5. The van der Waals surface area contributed by atoms with Crippen LogP contribution in [-0.2, 0) is 19.6 Å². The molecule has 0 amide bonds. The second-order valence-electron chi connectivity index (χ2n) is 8.36. The first kappa shape index (κ1) is 22.6. The average molecular weight is 492 g/mol. The number of aryl methyl sites for hydroxylation is 1. The summed E-state index contributed by atoms with van der Waals surface area (Å²) in [6.07, 6.45) is 2.30. The normalized spacial score (nSPS) is 13.7. The van der Waals surface area contributed by atoms with Crippen LogP contribution in [0.2, 0.25) is 10.0 Å². The van der Waals surface area contributed by atoms with Gasteiger partial charge in [0.2, 0.25) is 5.95 Å². The van der Waals surface area contributed by atoms with Gasteiger partial charge in [0.15, 0.2) is 0 Å². The lowest BCUT2D eigenvalue weighted by Gasteiger charge is -2.38. The van der Waals surface area contributed by atoms with E-state index in [1.807, 2.05) is 72.5 Å². The van der Waals surface area contributed by atoms with Crippen LogP contribution in [-0.4, -0.2) is 26.1 Å². The van der Waals surface area contributed by atoms with Crippen molar-refractivity contribution >= 4 is 34.8 Å². The number of nitrogens with zero attached hydrogens (tertiary/aromatic N) is 5. The molecule has 34 heavy (non-hydrogen) atoms. The van der Waals surface area contributed by atoms with Gasteiger partial charge in [-0.25, -0.2) is 4.98 Å². The third kappa shape index (κ3) is 4.71. The third-order valence-electron chi connectivity index (χ3n) is 5.87. The number of aromatic nitrogens is 3. The highest BCUT2D eigenvalue weighted by atomic mass is 35.5. The first-order chi connectivity index (χ1) is 16.5. The molecule has 172 valence electrons. The lowest BCUT2D eigenvalue weighted by atomic mass is 10.1. The van der Waals surface area contributed by atoms with Crippen LogP contribution in [0.4, 0.5) is 11.6 Å². The van der Waals surface area contributed by atoms with E-state index in [4.69, 9.17) is 28.2 Å². The summed E-state index contributed by atoms with van der Waals surface area (Å²) in [5.74, 6) is 0.579. The molecule has 8 heteroatoms. The van der Waals surface area contributed by atoms with Gasteiger partial charge >= 0.3 is 0 Å². The lowest BCUT2D eigenvalue weighted by Crippen LogP contribution is -2.47. The number of rotatable bonds is 5. The van der Waals surface area contributed by atoms with E-state index >= 15 is 0 Å². The molecule has 0 saturated heterocycles. The minimum Gasteiger partial charge on any atom is -0.298 e. The van der Waals surface area contributed by atoms with Gasteiger partial charge in [-0.3, -0.25) is 24.1 Å². The summed E-state index contributed by atoms with van der Waals surface area (Å²) in [6.45, 7) is 3.39. The number of pyridine rings is 1. The summed E-state index contributed by atoms with van der Waals surface area (Å²) >= 11 is 12.6. The van der Waals surface area contributed by atoms with E-state index in [-0.39, 0.29) is 5.56 Å². The maximum absolute atomic E-state index is 13.7. The molecule has 1 aliphatic heterocycles. The zero-order valence-corrected chi connectivity index (χ0v) is 20.2. The second kappa shape index (κ2) is 9.58. The molecule has 0 unspecified atom stereocenters. The molecule has 0 fully saturated rings. The Bertz CT molecular complexity index is 1360. The Morgan fingerprint density at radius 3 is 2.38 bits per heavy atom. The Morgan fingerprint density at radius 2 is 1.68 bits per heavy atom. The van der Waals surface area contributed by atoms with E-state index in [1.165, 1.54) is 0 Å². The molecule has 6 nitrogen and oxygen atoms in total. The van der Waals surface area contributed by atoms with Gasteiger partial charge in [0.25, 0.3) is 5.56 Å². The standard InChI is InChI=1S/C26H23Cl2N5O/c1-18-24(11-19-7-3-2-4-8-19)25(34)33-17-31(15-22-9-5-6-10-29-22)16-32(26(33)30-18)23-13-20(27)12-21(28)14-23/h2-10,12-14H,11,15-17H2,1H3. The van der Waals surface area contributed by atoms with Gasteiger partial charge < -0.3 is 0 Å². The van der Waals surface area contributed by atoms with Crippen LogP contribution >= 0.6 is 23.2 Å². The number of benzene rings is 2. The van der Waals surface area contributed by atoms with E-state index in [0.29, 0.717) is 47.9 Å². The predicted octanol–water partition coefficient (Wildman–Crippen LogP) is 5.41. The van der Waals surface area contributed by atoms with Crippen LogP contribution in [0.25, 0.3) is 0 Å². The SMILES string of the molecule is Cc1nc2n(c(=O)c1Cc1ccccc1)CN(Cc1ccccn1)CN2c1cc(Cl)cc(Cl)c1. The molecule has 5 rings (SSSR count). The van der Waals surface area contributed by atoms with E-state index in [9.17, 15) is 4.79 Å². The Balaban J connectivity index is 1.60. The molecule has 0 spiro atoms. The molecule has 1 aliphatic rings. The summed E-state index contributed by atoms with van der Waals surface area (Å²) in [4.78, 5) is 27.2. The number of halogens is 2. The molecule has 0 saturated carbocycles. The van der Waals surface area contributed by atoms with Crippen LogP contribution in [0, 0.1) is 6.92 Å². The van der Waals surface area contributed by atoms with Crippen molar-refractivity contribution in [2.45, 2.75) is 26.6 Å². The fraction of sp³-hybridized carbons (Fsp3) is 0.192. The average Bonchev–Trinajstić information content (AvgIpc) is 2.82. The Kier molecular flexibility index (Phi) is 6.37. The lowest BCUT2D eigenvalue weighted by molar-refractivity contribution is 0.187. The molecule has 2 aromatic heterocycles. The van der Waals surface area contributed by atoms with Gasteiger partial charge in [-0.2, -0.15) is 0 Å². The van der Waals surface area contributed by atoms with Crippen molar-refractivity contribution in [1.82, 2.24) is 19.4 Å². The van der Waals surface area contributed by atoms with E-state index < -0.39 is 0 Å². The molecule has 0 N–H and O–H groups in total. The predicted molar refractivity (Wildman–Crippen MR) is 136 cm³/mol. The quantitative estimate of drug-likeness (QED) is 0.373. The molecule has 0 radical (unpaired) electrons. The van der Waals surface area contributed by atoms with Crippen molar-refractivity contribution in [2.24, 2.45) is 0 Å². The fourth-order valence-electron chi connectivity index (χ4n) is 4.24. The minimum atomic E-state index is -0.0461. The van der Waals surface area contributed by atoms with Crippen molar-refractivity contribution in [1.29, 1.82) is 0 Å². The smallest absolute Gasteiger partial charge is 0.259 e. The molecule has 0 aliphatic carbocycles. The van der Waals surface area contributed by atoms with Crippen molar-refractivity contribution < 1.29 is 0 Å². The summed E-state index contributed by atoms with van der Waals surface area (Å²) in [6, 6.07) is 21.2. The molecule has 4 aromatic rings. The Morgan fingerprint density at radius 1 is 0.941 bits per heavy atom. The van der Waals surface area contributed by atoms with Gasteiger partial charge in [0.1, 0.15) is 0 Å². The zero-order valence-electron chi connectivity index (χ0n) is 18.7. The largest absolute Gasteiger partial charge is 0.298 e. The van der Waals surface area contributed by atoms with E-state index in [1.54, 1.807) is 16.8 Å². The number of fused-ring (bicyclic) bond motifs is 1. The maximum atomic E-state index is 13.7. The van der Waals surface area contributed by atoms with E-state index in [2.05, 4.69) is 9.88 Å². The molecular formula is C26H23Cl2N5O. The molecule has 2 aromatic carbocycles. The van der Waals surface area contributed by atoms with Crippen molar-refractivity contribution in [3.05, 3.63) is 116 Å². The summed E-state index contributed by atoms with van der Waals surface area (Å²) in [7, 11) is 0. The highest BCUT2D eigenvalue weighted by molar-refractivity contribution is 6.35. The summed E-state index contributed by atoms with van der Waals surface area (Å²) in [5, 5.41) is 1.05. The molecular weight excluding hydrogens is 469 g/mol. The third-order valence-corrected chi connectivity index (χ3v) is 6.30. The number of anilines is 2. The van der Waals surface area contributed by atoms with Gasteiger partial charge in [-0.15, -0.1) is 0 Å². The van der Waals surface area contributed by atoms with Crippen LogP contribution in [0.1, 0.15) is 22.5 Å². The van der Waals surface area contributed by atoms with Crippen molar-refractivity contribution in [3.63, 3.8) is 0 Å². The topological polar surface area (TPSA) is 54.3 Å². The van der Waals surface area contributed by atoms with Crippen molar-refractivity contribution in [2.75, 3.05) is 11.6 Å². The highest BCUT2D eigenvalue weighted by Gasteiger charge is 2.28. The van der Waals surface area contributed by atoms with Gasteiger partial charge in [0.05, 0.1) is 24.7 Å². The first-order valence-corrected chi connectivity index (χ1v) is 11.7. The second-order valence-corrected chi connectivity index (χ2v) is 9.23. The molecule has 0 bridgehead atoms. The molecule has 3 heterocycles. The van der Waals surface area contributed by atoms with Crippen LogP contribution < -0.4 is 10.5 Å². The van der Waals surface area contributed by atoms with Crippen molar-refractivity contribution in [3.8, 4) is 0 Å². The van der Waals surface area contributed by atoms with Gasteiger partial charge in [-0.05, 0) is 42.8 Å². The summed E-state index contributed by atoms with van der Waals surface area (Å²) < 4.78 is 1.73. The van der Waals surface area contributed by atoms with Gasteiger partial charge in [-0.1, -0.05) is 59.6 Å². The Labute approximate surface area is 208 Å². The monoisotopic (exact) mass is 491 g/mol. The van der Waals surface area contributed by atoms with E-state index in [0.717, 1.165) is 22.6 Å².